The molecule has 1 saturated heterocycles. The van der Waals surface area contributed by atoms with Crippen molar-refractivity contribution in [2.45, 2.75) is 0 Å². The molecule has 2 aromatic carbocycles. The number of morpholine rings is 1. The summed E-state index contributed by atoms with van der Waals surface area (Å²) in [6, 6.07) is 13.3. The summed E-state index contributed by atoms with van der Waals surface area (Å²) in [6.45, 7) is 2.25. The molecule has 0 unspecified atom stereocenters. The number of ether oxygens (including phenoxy) is 1. The largest absolute Gasteiger partial charge is 0.378 e. The van der Waals surface area contributed by atoms with E-state index in [2.05, 4.69) is 10.6 Å². The molecule has 2 N–H and O–H groups in total. The van der Waals surface area contributed by atoms with Crippen LogP contribution in [0.1, 0.15) is 10.4 Å². The Balaban J connectivity index is 1.63. The lowest BCUT2D eigenvalue weighted by Crippen LogP contribution is -2.40. The van der Waals surface area contributed by atoms with Crippen LogP contribution in [0.15, 0.2) is 48.5 Å². The first-order chi connectivity index (χ1) is 12.1. The predicted molar refractivity (Wildman–Crippen MR) is 97.3 cm³/mol. The van der Waals surface area contributed by atoms with Crippen LogP contribution >= 0.6 is 11.6 Å². The van der Waals surface area contributed by atoms with Gasteiger partial charge in [-0.2, -0.15) is 0 Å². The molecular formula is C18H18ClN3O3. The van der Waals surface area contributed by atoms with Crippen molar-refractivity contribution in [3.63, 3.8) is 0 Å². The minimum atomic E-state index is -0.390. The standard InChI is InChI=1S/C18H18ClN3O3/c19-14-4-6-15(7-5-14)20-18(24)21-16-3-1-2-13(12-16)17(23)22-8-10-25-11-9-22/h1-7,12H,8-11H2,(H2,20,21,24). The molecule has 6 nitrogen and oxygen atoms in total. The van der Waals surface area contributed by atoms with E-state index in [-0.39, 0.29) is 5.91 Å². The highest BCUT2D eigenvalue weighted by molar-refractivity contribution is 6.30. The summed E-state index contributed by atoms with van der Waals surface area (Å²) >= 11 is 5.82. The zero-order chi connectivity index (χ0) is 17.6. The lowest BCUT2D eigenvalue weighted by molar-refractivity contribution is 0.0303. The Morgan fingerprint density at radius 2 is 1.64 bits per heavy atom. The number of nitrogens with zero attached hydrogens (tertiary/aromatic N) is 1. The van der Waals surface area contributed by atoms with Gasteiger partial charge in [-0.15, -0.1) is 0 Å². The van der Waals surface area contributed by atoms with Gasteiger partial charge in [-0.1, -0.05) is 17.7 Å². The number of nitrogens with one attached hydrogen (secondary N) is 2. The number of rotatable bonds is 3. The van der Waals surface area contributed by atoms with E-state index in [1.807, 2.05) is 0 Å². The van der Waals surface area contributed by atoms with Crippen molar-refractivity contribution in [1.29, 1.82) is 0 Å². The fourth-order valence-corrected chi connectivity index (χ4v) is 2.63. The van der Waals surface area contributed by atoms with E-state index >= 15 is 0 Å². The van der Waals surface area contributed by atoms with Gasteiger partial charge in [0.1, 0.15) is 0 Å². The Kier molecular flexibility index (Phi) is 5.53. The first-order valence-electron chi connectivity index (χ1n) is 7.92. The lowest BCUT2D eigenvalue weighted by atomic mass is 10.1. The number of carbonyl (C=O) groups is 2. The highest BCUT2D eigenvalue weighted by atomic mass is 35.5. The van der Waals surface area contributed by atoms with Gasteiger partial charge in [0.15, 0.2) is 0 Å². The molecule has 0 bridgehead atoms. The van der Waals surface area contributed by atoms with Gasteiger partial charge in [0, 0.05) is 35.1 Å². The minimum Gasteiger partial charge on any atom is -0.378 e. The molecule has 7 heteroatoms. The second-order valence-corrected chi connectivity index (χ2v) is 6.01. The molecule has 130 valence electrons. The molecule has 0 spiro atoms. The molecule has 3 amide bonds. The Labute approximate surface area is 150 Å². The van der Waals surface area contributed by atoms with Gasteiger partial charge in [0.25, 0.3) is 5.91 Å². The van der Waals surface area contributed by atoms with Crippen LogP contribution in [0.4, 0.5) is 16.2 Å². The normalized spacial score (nSPS) is 14.0. The molecule has 1 fully saturated rings. The summed E-state index contributed by atoms with van der Waals surface area (Å²) in [5.41, 5.74) is 1.71. The van der Waals surface area contributed by atoms with Gasteiger partial charge in [0.05, 0.1) is 13.2 Å². The summed E-state index contributed by atoms with van der Waals surface area (Å²) in [7, 11) is 0. The Morgan fingerprint density at radius 3 is 2.36 bits per heavy atom. The fourth-order valence-electron chi connectivity index (χ4n) is 2.51. The highest BCUT2D eigenvalue weighted by Gasteiger charge is 2.18. The maximum absolute atomic E-state index is 12.5. The summed E-state index contributed by atoms with van der Waals surface area (Å²) in [4.78, 5) is 26.3. The van der Waals surface area contributed by atoms with Crippen LogP contribution in [0, 0.1) is 0 Å². The van der Waals surface area contributed by atoms with Crippen molar-refractivity contribution in [2.24, 2.45) is 0 Å². The van der Waals surface area contributed by atoms with E-state index in [4.69, 9.17) is 16.3 Å². The van der Waals surface area contributed by atoms with E-state index in [0.29, 0.717) is 48.3 Å². The molecule has 0 radical (unpaired) electrons. The number of amides is 3. The van der Waals surface area contributed by atoms with Crippen LogP contribution in [-0.2, 0) is 4.74 Å². The maximum atomic E-state index is 12.5. The molecule has 1 heterocycles. The quantitative estimate of drug-likeness (QED) is 0.881. The number of halogens is 1. The van der Waals surface area contributed by atoms with Crippen molar-refractivity contribution >= 4 is 34.9 Å². The number of anilines is 2. The third-order valence-electron chi connectivity index (χ3n) is 3.77. The molecule has 0 aliphatic carbocycles. The van der Waals surface area contributed by atoms with Crippen LogP contribution in [0.5, 0.6) is 0 Å². The van der Waals surface area contributed by atoms with Crippen LogP contribution in [0.25, 0.3) is 0 Å². The number of benzene rings is 2. The van der Waals surface area contributed by atoms with Crippen molar-refractivity contribution in [3.8, 4) is 0 Å². The third kappa shape index (κ3) is 4.71. The molecule has 2 aromatic rings. The summed E-state index contributed by atoms with van der Waals surface area (Å²) < 4.78 is 5.26. The third-order valence-corrected chi connectivity index (χ3v) is 4.02. The SMILES string of the molecule is O=C(Nc1ccc(Cl)cc1)Nc1cccc(C(=O)N2CCOCC2)c1. The lowest BCUT2D eigenvalue weighted by Gasteiger charge is -2.27. The molecule has 3 rings (SSSR count). The van der Waals surface area contributed by atoms with E-state index in [1.54, 1.807) is 53.4 Å². The number of hydrogen-bond donors (Lipinski definition) is 2. The zero-order valence-corrected chi connectivity index (χ0v) is 14.3. The van der Waals surface area contributed by atoms with Gasteiger partial charge in [-0.25, -0.2) is 4.79 Å². The van der Waals surface area contributed by atoms with E-state index in [1.165, 1.54) is 0 Å². The van der Waals surface area contributed by atoms with Crippen LogP contribution in [-0.4, -0.2) is 43.1 Å². The van der Waals surface area contributed by atoms with E-state index in [0.717, 1.165) is 0 Å². The van der Waals surface area contributed by atoms with Crippen molar-refractivity contribution in [1.82, 2.24) is 4.90 Å². The Bertz CT molecular complexity index is 758. The monoisotopic (exact) mass is 359 g/mol. The maximum Gasteiger partial charge on any atom is 0.323 e. The van der Waals surface area contributed by atoms with Crippen LogP contribution in [0.2, 0.25) is 5.02 Å². The van der Waals surface area contributed by atoms with Gasteiger partial charge in [-0.3, -0.25) is 4.79 Å². The van der Waals surface area contributed by atoms with Crippen LogP contribution in [0.3, 0.4) is 0 Å². The minimum absolute atomic E-state index is 0.0648. The van der Waals surface area contributed by atoms with Gasteiger partial charge >= 0.3 is 6.03 Å². The average Bonchev–Trinajstić information content (AvgIpc) is 2.64. The molecule has 0 atom stereocenters. The first kappa shape index (κ1) is 17.3. The highest BCUT2D eigenvalue weighted by Crippen LogP contribution is 2.16. The number of carbonyl (C=O) groups excluding carboxylic acids is 2. The zero-order valence-electron chi connectivity index (χ0n) is 13.5. The molecule has 1 aliphatic rings. The first-order valence-corrected chi connectivity index (χ1v) is 8.30. The van der Waals surface area contributed by atoms with E-state index in [9.17, 15) is 9.59 Å². The summed E-state index contributed by atoms with van der Waals surface area (Å²) in [5.74, 6) is -0.0648. The Morgan fingerprint density at radius 1 is 0.960 bits per heavy atom. The van der Waals surface area contributed by atoms with Crippen molar-refractivity contribution < 1.29 is 14.3 Å². The average molecular weight is 360 g/mol. The number of hydrogen-bond acceptors (Lipinski definition) is 3. The van der Waals surface area contributed by atoms with Crippen LogP contribution < -0.4 is 10.6 Å². The summed E-state index contributed by atoms with van der Waals surface area (Å²) in [6.07, 6.45) is 0. The number of urea groups is 1. The molecular weight excluding hydrogens is 342 g/mol. The molecule has 0 saturated carbocycles. The predicted octanol–water partition coefficient (Wildman–Crippen LogP) is 3.46. The topological polar surface area (TPSA) is 70.7 Å². The smallest absolute Gasteiger partial charge is 0.323 e. The fraction of sp³-hybridized carbons (Fsp3) is 0.222. The van der Waals surface area contributed by atoms with Gasteiger partial charge in [-0.05, 0) is 42.5 Å². The van der Waals surface area contributed by atoms with Gasteiger partial charge in [0.2, 0.25) is 0 Å². The van der Waals surface area contributed by atoms with Gasteiger partial charge < -0.3 is 20.3 Å². The van der Waals surface area contributed by atoms with Crippen molar-refractivity contribution in [3.05, 3.63) is 59.1 Å². The Hall–Kier alpha value is -2.57. The summed E-state index contributed by atoms with van der Waals surface area (Å²) in [5, 5.41) is 6.03. The van der Waals surface area contributed by atoms with Crippen molar-refractivity contribution in [2.75, 3.05) is 36.9 Å². The molecule has 1 aliphatic heterocycles. The second kappa shape index (κ2) is 8.00. The molecule has 0 aromatic heterocycles. The second-order valence-electron chi connectivity index (χ2n) is 5.57. The van der Waals surface area contributed by atoms with E-state index < -0.39 is 6.03 Å². The molecule has 25 heavy (non-hydrogen) atoms.